The molecule has 0 saturated carbocycles. The van der Waals surface area contributed by atoms with Crippen molar-refractivity contribution in [2.75, 3.05) is 7.05 Å². The normalized spacial score (nSPS) is 13.4. The van der Waals surface area contributed by atoms with E-state index in [1.807, 2.05) is 13.1 Å². The van der Waals surface area contributed by atoms with E-state index in [9.17, 15) is 0 Å². The zero-order chi connectivity index (χ0) is 12.1. The van der Waals surface area contributed by atoms with Crippen molar-refractivity contribution in [1.82, 2.24) is 5.32 Å². The lowest BCUT2D eigenvalue weighted by atomic mass is 10.00. The van der Waals surface area contributed by atoms with E-state index in [1.54, 1.807) is 0 Å². The first-order chi connectivity index (χ1) is 7.54. The van der Waals surface area contributed by atoms with Gasteiger partial charge in [0.05, 0.1) is 8.67 Å². The van der Waals surface area contributed by atoms with Gasteiger partial charge in [-0.05, 0) is 25.5 Å². The predicted molar refractivity (Wildman–Crippen MR) is 74.8 cm³/mol. The largest absolute Gasteiger partial charge is 0.313 e. The topological polar surface area (TPSA) is 12.0 Å². The van der Waals surface area contributed by atoms with Crippen LogP contribution < -0.4 is 5.32 Å². The van der Waals surface area contributed by atoms with E-state index < -0.39 is 0 Å². The lowest BCUT2D eigenvalue weighted by Crippen LogP contribution is -2.16. The van der Waals surface area contributed by atoms with Gasteiger partial charge in [0, 0.05) is 11.6 Å². The molecule has 0 saturated heterocycles. The Labute approximate surface area is 112 Å². The SMILES string of the molecule is CNC(CCCC(C)C)c1cc(Cl)sc1Cl. The Morgan fingerprint density at radius 2 is 2.00 bits per heavy atom. The van der Waals surface area contributed by atoms with Crippen molar-refractivity contribution in [3.63, 3.8) is 0 Å². The van der Waals surface area contributed by atoms with Crippen LogP contribution in [0.25, 0.3) is 0 Å². The van der Waals surface area contributed by atoms with Crippen LogP contribution in [0.15, 0.2) is 6.07 Å². The molecule has 0 bridgehead atoms. The third-order valence-corrected chi connectivity index (χ3v) is 4.20. The van der Waals surface area contributed by atoms with Crippen molar-refractivity contribution in [3.05, 3.63) is 20.3 Å². The quantitative estimate of drug-likeness (QED) is 0.760. The summed E-state index contributed by atoms with van der Waals surface area (Å²) in [5.74, 6) is 0.763. The van der Waals surface area contributed by atoms with E-state index in [2.05, 4.69) is 19.2 Å². The van der Waals surface area contributed by atoms with E-state index in [4.69, 9.17) is 23.2 Å². The van der Waals surface area contributed by atoms with Gasteiger partial charge >= 0.3 is 0 Å². The Bertz CT molecular complexity index is 323. The molecular weight excluding hydrogens is 261 g/mol. The molecule has 0 fully saturated rings. The number of thiophene rings is 1. The van der Waals surface area contributed by atoms with Crippen LogP contribution in [0.3, 0.4) is 0 Å². The van der Waals surface area contributed by atoms with Gasteiger partial charge in [0.25, 0.3) is 0 Å². The van der Waals surface area contributed by atoms with Crippen molar-refractivity contribution in [1.29, 1.82) is 0 Å². The smallest absolute Gasteiger partial charge is 0.0991 e. The number of hydrogen-bond acceptors (Lipinski definition) is 2. The minimum Gasteiger partial charge on any atom is -0.313 e. The Morgan fingerprint density at radius 3 is 2.44 bits per heavy atom. The molecule has 92 valence electrons. The van der Waals surface area contributed by atoms with Crippen molar-refractivity contribution >= 4 is 34.5 Å². The van der Waals surface area contributed by atoms with Crippen molar-refractivity contribution < 1.29 is 0 Å². The minimum absolute atomic E-state index is 0.329. The number of hydrogen-bond donors (Lipinski definition) is 1. The number of rotatable bonds is 6. The summed E-state index contributed by atoms with van der Waals surface area (Å²) in [4.78, 5) is 0. The molecule has 4 heteroatoms. The van der Waals surface area contributed by atoms with Gasteiger partial charge in [-0.25, -0.2) is 0 Å². The second-order valence-electron chi connectivity index (χ2n) is 4.45. The average Bonchev–Trinajstić information content (AvgIpc) is 2.52. The highest BCUT2D eigenvalue weighted by Crippen LogP contribution is 2.36. The molecule has 1 rings (SSSR count). The monoisotopic (exact) mass is 279 g/mol. The van der Waals surface area contributed by atoms with Crippen molar-refractivity contribution in [2.45, 2.75) is 39.2 Å². The highest BCUT2D eigenvalue weighted by atomic mass is 35.5. The zero-order valence-corrected chi connectivity index (χ0v) is 12.3. The highest BCUT2D eigenvalue weighted by molar-refractivity contribution is 7.20. The maximum atomic E-state index is 6.15. The van der Waals surface area contributed by atoms with Gasteiger partial charge in [0.15, 0.2) is 0 Å². The molecule has 0 aliphatic heterocycles. The van der Waals surface area contributed by atoms with Crippen LogP contribution in [0.1, 0.15) is 44.7 Å². The Balaban J connectivity index is 2.57. The first-order valence-electron chi connectivity index (χ1n) is 5.66. The lowest BCUT2D eigenvalue weighted by molar-refractivity contribution is 0.471. The molecule has 0 aliphatic rings. The second-order valence-corrected chi connectivity index (χ2v) is 6.73. The molecule has 1 heterocycles. The molecule has 1 aromatic heterocycles. The van der Waals surface area contributed by atoms with Gasteiger partial charge in [-0.2, -0.15) is 0 Å². The molecular formula is C12H19Cl2NS. The summed E-state index contributed by atoms with van der Waals surface area (Å²) in [6.07, 6.45) is 3.59. The van der Waals surface area contributed by atoms with Gasteiger partial charge < -0.3 is 5.32 Å². The molecule has 0 aromatic carbocycles. The summed E-state index contributed by atoms with van der Waals surface area (Å²) >= 11 is 13.6. The Morgan fingerprint density at radius 1 is 1.31 bits per heavy atom. The molecule has 1 aromatic rings. The number of nitrogens with one attached hydrogen (secondary N) is 1. The fourth-order valence-corrected chi connectivity index (χ4v) is 3.36. The Hall–Kier alpha value is 0.240. The number of halogens is 2. The van der Waals surface area contributed by atoms with Crippen LogP contribution in [-0.2, 0) is 0 Å². The van der Waals surface area contributed by atoms with E-state index >= 15 is 0 Å². The van der Waals surface area contributed by atoms with Gasteiger partial charge in [-0.15, -0.1) is 11.3 Å². The fraction of sp³-hybridized carbons (Fsp3) is 0.667. The predicted octanol–water partition coefficient (Wildman–Crippen LogP) is 5.14. The van der Waals surface area contributed by atoms with E-state index in [-0.39, 0.29) is 0 Å². The van der Waals surface area contributed by atoms with Gasteiger partial charge in [-0.3, -0.25) is 0 Å². The minimum atomic E-state index is 0.329. The molecule has 1 atom stereocenters. The van der Waals surface area contributed by atoms with Crippen LogP contribution in [-0.4, -0.2) is 7.05 Å². The molecule has 1 unspecified atom stereocenters. The summed E-state index contributed by atoms with van der Waals surface area (Å²) in [6, 6.07) is 2.31. The van der Waals surface area contributed by atoms with Gasteiger partial charge in [0.1, 0.15) is 0 Å². The molecule has 16 heavy (non-hydrogen) atoms. The molecule has 0 aliphatic carbocycles. The van der Waals surface area contributed by atoms with Crippen molar-refractivity contribution in [3.8, 4) is 0 Å². The zero-order valence-electron chi connectivity index (χ0n) is 10.0. The lowest BCUT2D eigenvalue weighted by Gasteiger charge is -2.16. The van der Waals surface area contributed by atoms with Gasteiger partial charge in [-0.1, -0.05) is 49.9 Å². The van der Waals surface area contributed by atoms with Gasteiger partial charge in [0.2, 0.25) is 0 Å². The van der Waals surface area contributed by atoms with Crippen LogP contribution in [0.5, 0.6) is 0 Å². The molecule has 1 N–H and O–H groups in total. The third kappa shape index (κ3) is 4.25. The second kappa shape index (κ2) is 6.85. The third-order valence-electron chi connectivity index (χ3n) is 2.68. The first kappa shape index (κ1) is 14.3. The average molecular weight is 280 g/mol. The van der Waals surface area contributed by atoms with Crippen molar-refractivity contribution in [2.24, 2.45) is 5.92 Å². The fourth-order valence-electron chi connectivity index (χ4n) is 1.78. The summed E-state index contributed by atoms with van der Waals surface area (Å²) < 4.78 is 1.58. The maximum Gasteiger partial charge on any atom is 0.0991 e. The van der Waals surface area contributed by atoms with E-state index in [1.165, 1.54) is 24.2 Å². The molecule has 0 amide bonds. The maximum absolute atomic E-state index is 6.15. The summed E-state index contributed by atoms with van der Waals surface area (Å²) in [5, 5.41) is 3.31. The highest BCUT2D eigenvalue weighted by Gasteiger charge is 2.15. The summed E-state index contributed by atoms with van der Waals surface area (Å²) in [7, 11) is 1.97. The molecule has 1 nitrogen and oxygen atoms in total. The van der Waals surface area contributed by atoms with E-state index in [0.29, 0.717) is 6.04 Å². The molecule has 0 radical (unpaired) electrons. The van der Waals surface area contributed by atoms with Crippen LogP contribution in [0, 0.1) is 5.92 Å². The van der Waals surface area contributed by atoms with Crippen LogP contribution in [0.4, 0.5) is 0 Å². The standard InChI is InChI=1S/C12H19Cl2NS/c1-8(2)5-4-6-10(15-3)9-7-11(13)16-12(9)14/h7-8,10,15H,4-6H2,1-3H3. The van der Waals surface area contributed by atoms with E-state index in [0.717, 1.165) is 26.6 Å². The summed E-state index contributed by atoms with van der Waals surface area (Å²) in [6.45, 7) is 4.51. The first-order valence-corrected chi connectivity index (χ1v) is 7.23. The molecule has 0 spiro atoms. The van der Waals surface area contributed by atoms with Crippen LogP contribution >= 0.6 is 34.5 Å². The summed E-state index contributed by atoms with van der Waals surface area (Å²) in [5.41, 5.74) is 1.14. The van der Waals surface area contributed by atoms with Crippen LogP contribution in [0.2, 0.25) is 8.67 Å². The Kier molecular flexibility index (Phi) is 6.12.